The van der Waals surface area contributed by atoms with Crippen LogP contribution < -0.4 is 4.90 Å². The highest BCUT2D eigenvalue weighted by Crippen LogP contribution is 2.32. The summed E-state index contributed by atoms with van der Waals surface area (Å²) in [5.74, 6) is -0.583. The number of carbonyl (C=O) groups is 2. The Kier molecular flexibility index (Phi) is 7.57. The van der Waals surface area contributed by atoms with Crippen molar-refractivity contribution in [3.05, 3.63) is 82.8 Å². The van der Waals surface area contributed by atoms with Gasteiger partial charge in [-0.25, -0.2) is 0 Å². The molecule has 0 spiro atoms. The van der Waals surface area contributed by atoms with E-state index in [0.29, 0.717) is 14.9 Å². The lowest BCUT2D eigenvalue weighted by Gasteiger charge is -2.24. The van der Waals surface area contributed by atoms with E-state index in [4.69, 9.17) is 12.2 Å². The topological polar surface area (TPSA) is 60.9 Å². The SMILES string of the molecule is CC(=Cc1ccccc1)C=C1SC(=S)N(CC(=O)N(CCO)c2ccccc2)C1=O. The van der Waals surface area contributed by atoms with Gasteiger partial charge in [-0.3, -0.25) is 14.5 Å². The molecular formula is C23H22N2O3S2. The van der Waals surface area contributed by atoms with E-state index in [-0.39, 0.29) is 31.5 Å². The summed E-state index contributed by atoms with van der Waals surface area (Å²) in [7, 11) is 0. The predicted molar refractivity (Wildman–Crippen MR) is 126 cm³/mol. The van der Waals surface area contributed by atoms with E-state index < -0.39 is 0 Å². The smallest absolute Gasteiger partial charge is 0.266 e. The molecule has 0 radical (unpaired) electrons. The Hall–Kier alpha value is -2.74. The third-order valence-corrected chi connectivity index (χ3v) is 5.79. The predicted octanol–water partition coefficient (Wildman–Crippen LogP) is 3.86. The molecule has 1 aliphatic heterocycles. The summed E-state index contributed by atoms with van der Waals surface area (Å²) in [5, 5.41) is 9.35. The molecule has 1 N–H and O–H groups in total. The number of thiocarbonyl (C=S) groups is 1. The number of allylic oxidation sites excluding steroid dienone is 2. The van der Waals surface area contributed by atoms with Gasteiger partial charge in [0, 0.05) is 12.2 Å². The highest BCUT2D eigenvalue weighted by Gasteiger charge is 2.34. The van der Waals surface area contributed by atoms with Crippen molar-refractivity contribution in [1.82, 2.24) is 4.90 Å². The lowest BCUT2D eigenvalue weighted by molar-refractivity contribution is -0.127. The maximum atomic E-state index is 12.9. The number of carbonyl (C=O) groups excluding carboxylic acids is 2. The zero-order valence-corrected chi connectivity index (χ0v) is 18.2. The van der Waals surface area contributed by atoms with Gasteiger partial charge in [-0.1, -0.05) is 78.6 Å². The Morgan fingerprint density at radius 3 is 2.40 bits per heavy atom. The number of nitrogens with zero attached hydrogens (tertiary/aromatic N) is 2. The van der Waals surface area contributed by atoms with Crippen LogP contribution in [0.3, 0.4) is 0 Å². The zero-order chi connectivity index (χ0) is 21.5. The molecule has 0 aromatic heterocycles. The molecule has 7 heteroatoms. The first-order valence-electron chi connectivity index (χ1n) is 9.44. The van der Waals surface area contributed by atoms with Gasteiger partial charge in [0.25, 0.3) is 5.91 Å². The number of aliphatic hydroxyl groups excluding tert-OH is 1. The van der Waals surface area contributed by atoms with Crippen molar-refractivity contribution >= 4 is 51.9 Å². The van der Waals surface area contributed by atoms with Crippen LogP contribution in [0.15, 0.2) is 77.2 Å². The molecule has 0 atom stereocenters. The van der Waals surface area contributed by atoms with Crippen LogP contribution in [0, 0.1) is 0 Å². The highest BCUT2D eigenvalue weighted by molar-refractivity contribution is 8.26. The first-order valence-corrected chi connectivity index (χ1v) is 10.7. The minimum Gasteiger partial charge on any atom is -0.395 e. The van der Waals surface area contributed by atoms with Crippen LogP contribution in [-0.4, -0.2) is 45.8 Å². The normalized spacial score (nSPS) is 15.7. The van der Waals surface area contributed by atoms with Crippen molar-refractivity contribution in [2.75, 3.05) is 24.6 Å². The quantitative estimate of drug-likeness (QED) is 0.525. The first kappa shape index (κ1) is 22.0. The van der Waals surface area contributed by atoms with E-state index in [2.05, 4.69) is 0 Å². The van der Waals surface area contributed by atoms with Gasteiger partial charge < -0.3 is 10.0 Å². The number of rotatable bonds is 7. The van der Waals surface area contributed by atoms with Crippen molar-refractivity contribution in [2.45, 2.75) is 6.92 Å². The average molecular weight is 439 g/mol. The number of hydrogen-bond donors (Lipinski definition) is 1. The molecule has 5 nitrogen and oxygen atoms in total. The molecule has 1 heterocycles. The standard InChI is InChI=1S/C23H22N2O3S2/c1-17(14-18-8-4-2-5-9-18)15-20-22(28)25(23(29)30-20)16-21(27)24(12-13-26)19-10-6-3-7-11-19/h2-11,14-15,26H,12-13,16H2,1H3. The number of para-hydroxylation sites is 1. The fourth-order valence-electron chi connectivity index (χ4n) is 3.02. The Bertz CT molecular complexity index is 988. The number of benzene rings is 2. The third kappa shape index (κ3) is 5.44. The maximum absolute atomic E-state index is 12.9. The third-order valence-electron chi connectivity index (χ3n) is 4.41. The highest BCUT2D eigenvalue weighted by atomic mass is 32.2. The minimum atomic E-state index is -0.302. The van der Waals surface area contributed by atoms with Crippen molar-refractivity contribution in [3.63, 3.8) is 0 Å². The molecule has 1 saturated heterocycles. The van der Waals surface area contributed by atoms with Crippen LogP contribution >= 0.6 is 24.0 Å². The van der Waals surface area contributed by atoms with Crippen LogP contribution in [0.1, 0.15) is 12.5 Å². The lowest BCUT2D eigenvalue weighted by Crippen LogP contribution is -2.43. The van der Waals surface area contributed by atoms with Crippen molar-refractivity contribution in [1.29, 1.82) is 0 Å². The van der Waals surface area contributed by atoms with Gasteiger partial charge in [-0.15, -0.1) is 0 Å². The molecule has 0 saturated carbocycles. The molecule has 1 fully saturated rings. The van der Waals surface area contributed by atoms with Gasteiger partial charge in [0.05, 0.1) is 11.5 Å². The second kappa shape index (κ2) is 10.3. The minimum absolute atomic E-state index is 0.145. The molecule has 3 rings (SSSR count). The maximum Gasteiger partial charge on any atom is 0.266 e. The van der Waals surface area contributed by atoms with Gasteiger partial charge in [0.1, 0.15) is 10.9 Å². The van der Waals surface area contributed by atoms with Crippen LogP contribution in [0.5, 0.6) is 0 Å². The first-order chi connectivity index (χ1) is 14.5. The van der Waals surface area contributed by atoms with E-state index in [1.165, 1.54) is 21.6 Å². The number of thioether (sulfide) groups is 1. The summed E-state index contributed by atoms with van der Waals surface area (Å²) < 4.78 is 0.351. The summed E-state index contributed by atoms with van der Waals surface area (Å²) in [5.41, 5.74) is 2.62. The summed E-state index contributed by atoms with van der Waals surface area (Å²) >= 11 is 6.54. The number of hydrogen-bond acceptors (Lipinski definition) is 5. The Morgan fingerprint density at radius 1 is 1.13 bits per heavy atom. The van der Waals surface area contributed by atoms with Crippen molar-refractivity contribution in [2.24, 2.45) is 0 Å². The lowest BCUT2D eigenvalue weighted by atomic mass is 10.1. The molecule has 0 aliphatic carbocycles. The summed E-state index contributed by atoms with van der Waals surface area (Å²) in [6.07, 6.45) is 3.77. The van der Waals surface area contributed by atoms with E-state index >= 15 is 0 Å². The van der Waals surface area contributed by atoms with E-state index in [1.807, 2.05) is 61.5 Å². The number of aliphatic hydroxyl groups is 1. The molecule has 30 heavy (non-hydrogen) atoms. The molecule has 0 bridgehead atoms. The van der Waals surface area contributed by atoms with E-state index in [9.17, 15) is 14.7 Å². The molecule has 1 aliphatic rings. The molecule has 2 amide bonds. The fourth-order valence-corrected chi connectivity index (χ4v) is 4.33. The van der Waals surface area contributed by atoms with E-state index in [0.717, 1.165) is 11.1 Å². The van der Waals surface area contributed by atoms with Crippen LogP contribution in [-0.2, 0) is 9.59 Å². The Balaban J connectivity index is 1.74. The van der Waals surface area contributed by atoms with Crippen LogP contribution in [0.2, 0.25) is 0 Å². The number of amides is 2. The van der Waals surface area contributed by atoms with Gasteiger partial charge in [0.15, 0.2) is 0 Å². The van der Waals surface area contributed by atoms with Crippen LogP contribution in [0.25, 0.3) is 6.08 Å². The second-order valence-corrected chi connectivity index (χ2v) is 8.35. The summed E-state index contributed by atoms with van der Waals surface area (Å²) in [4.78, 5) is 29.0. The Morgan fingerprint density at radius 2 is 1.77 bits per heavy atom. The van der Waals surface area contributed by atoms with Crippen molar-refractivity contribution < 1.29 is 14.7 Å². The van der Waals surface area contributed by atoms with Gasteiger partial charge >= 0.3 is 0 Å². The zero-order valence-electron chi connectivity index (χ0n) is 16.5. The van der Waals surface area contributed by atoms with Gasteiger partial charge in [0.2, 0.25) is 5.91 Å². The van der Waals surface area contributed by atoms with Crippen molar-refractivity contribution in [3.8, 4) is 0 Å². The second-order valence-electron chi connectivity index (χ2n) is 6.67. The summed E-state index contributed by atoms with van der Waals surface area (Å²) in [6.45, 7) is 1.72. The number of anilines is 1. The fraction of sp³-hybridized carbons (Fsp3) is 0.174. The Labute approximate surface area is 185 Å². The molecule has 2 aromatic carbocycles. The van der Waals surface area contributed by atoms with E-state index in [1.54, 1.807) is 18.2 Å². The largest absolute Gasteiger partial charge is 0.395 e. The van der Waals surface area contributed by atoms with Gasteiger partial charge in [-0.2, -0.15) is 0 Å². The molecule has 2 aromatic rings. The van der Waals surface area contributed by atoms with Crippen LogP contribution in [0.4, 0.5) is 5.69 Å². The molecular weight excluding hydrogens is 416 g/mol. The molecule has 0 unspecified atom stereocenters. The molecule has 154 valence electrons. The summed E-state index contributed by atoms with van der Waals surface area (Å²) in [6, 6.07) is 18.9. The average Bonchev–Trinajstić information content (AvgIpc) is 3.00. The van der Waals surface area contributed by atoms with Gasteiger partial charge in [-0.05, 0) is 36.3 Å². The monoisotopic (exact) mass is 438 g/mol.